The first-order chi connectivity index (χ1) is 12.2. The number of hydrogen-bond donors (Lipinski definition) is 0. The minimum Gasteiger partial charge on any atom is -0.454 e. The molecule has 0 bridgehead atoms. The van der Waals surface area contributed by atoms with E-state index in [9.17, 15) is 4.79 Å². The van der Waals surface area contributed by atoms with E-state index in [0.717, 1.165) is 43.1 Å². The third kappa shape index (κ3) is 3.45. The van der Waals surface area contributed by atoms with Crippen LogP contribution >= 0.6 is 0 Å². The standard InChI is InChI=1S/C20H24N2O3/c1-21-17(7-5-15-6-8-18-19(11-15)25-14-24-18)12-16(20(21)23)13-22-9-3-2-4-10-22/h6,8,11,16-17H,2-4,9-10,12-14H2,1H3. The summed E-state index contributed by atoms with van der Waals surface area (Å²) in [5.41, 5.74) is 0.893. The number of amides is 1. The van der Waals surface area contributed by atoms with Gasteiger partial charge in [0.25, 0.3) is 0 Å². The smallest absolute Gasteiger partial charge is 0.231 e. The molecule has 2 unspecified atom stereocenters. The molecule has 3 aliphatic heterocycles. The number of fused-ring (bicyclic) bond motifs is 1. The first-order valence-electron chi connectivity index (χ1n) is 9.11. The fraction of sp³-hybridized carbons (Fsp3) is 0.550. The molecule has 0 aliphatic carbocycles. The van der Waals surface area contributed by atoms with Crippen molar-refractivity contribution in [2.24, 2.45) is 5.92 Å². The largest absolute Gasteiger partial charge is 0.454 e. The zero-order chi connectivity index (χ0) is 17.2. The molecule has 1 amide bonds. The maximum absolute atomic E-state index is 12.5. The number of nitrogens with zero attached hydrogens (tertiary/aromatic N) is 2. The van der Waals surface area contributed by atoms with Crippen molar-refractivity contribution in [1.29, 1.82) is 0 Å². The second-order valence-electron chi connectivity index (χ2n) is 7.10. The number of hydrogen-bond acceptors (Lipinski definition) is 4. The molecule has 25 heavy (non-hydrogen) atoms. The van der Waals surface area contributed by atoms with Gasteiger partial charge in [0, 0.05) is 19.2 Å². The van der Waals surface area contributed by atoms with Gasteiger partial charge in [0.1, 0.15) is 0 Å². The maximum Gasteiger partial charge on any atom is 0.231 e. The number of rotatable bonds is 2. The van der Waals surface area contributed by atoms with Crippen LogP contribution in [-0.4, -0.2) is 55.2 Å². The average Bonchev–Trinajstić information content (AvgIpc) is 3.20. The molecule has 3 heterocycles. The van der Waals surface area contributed by atoms with E-state index in [-0.39, 0.29) is 24.7 Å². The number of piperidine rings is 1. The summed E-state index contributed by atoms with van der Waals surface area (Å²) >= 11 is 0. The molecule has 1 aromatic rings. The minimum atomic E-state index is -0.00675. The molecule has 2 fully saturated rings. The first-order valence-corrected chi connectivity index (χ1v) is 9.11. The van der Waals surface area contributed by atoms with Crippen molar-refractivity contribution in [3.05, 3.63) is 23.8 Å². The molecule has 0 N–H and O–H groups in total. The van der Waals surface area contributed by atoms with E-state index < -0.39 is 0 Å². The molecule has 0 aromatic heterocycles. The van der Waals surface area contributed by atoms with Crippen LogP contribution in [0, 0.1) is 17.8 Å². The Bertz CT molecular complexity index is 715. The van der Waals surface area contributed by atoms with Gasteiger partial charge in [0.05, 0.1) is 12.0 Å². The Morgan fingerprint density at radius 1 is 1.16 bits per heavy atom. The molecule has 2 saturated heterocycles. The lowest BCUT2D eigenvalue weighted by Gasteiger charge is -2.28. The van der Waals surface area contributed by atoms with E-state index >= 15 is 0 Å². The third-order valence-corrected chi connectivity index (χ3v) is 5.36. The summed E-state index contributed by atoms with van der Waals surface area (Å²) in [5, 5.41) is 0. The quantitative estimate of drug-likeness (QED) is 0.773. The summed E-state index contributed by atoms with van der Waals surface area (Å²) in [6.07, 6.45) is 4.65. The van der Waals surface area contributed by atoms with Crippen LogP contribution in [0.25, 0.3) is 0 Å². The van der Waals surface area contributed by atoms with Gasteiger partial charge in [-0.15, -0.1) is 0 Å². The maximum atomic E-state index is 12.5. The SMILES string of the molecule is CN1C(=O)C(CN2CCCCC2)CC1C#Cc1ccc2c(c1)OCO2. The number of carbonyl (C=O) groups is 1. The Labute approximate surface area is 148 Å². The topological polar surface area (TPSA) is 42.0 Å². The van der Waals surface area contributed by atoms with E-state index in [4.69, 9.17) is 9.47 Å². The van der Waals surface area contributed by atoms with Crippen LogP contribution in [0.15, 0.2) is 18.2 Å². The molecule has 2 atom stereocenters. The fourth-order valence-electron chi connectivity index (χ4n) is 3.87. The lowest BCUT2D eigenvalue weighted by atomic mass is 10.0. The molecule has 4 rings (SSSR count). The average molecular weight is 340 g/mol. The van der Waals surface area contributed by atoms with Gasteiger partial charge in [-0.1, -0.05) is 18.3 Å². The van der Waals surface area contributed by atoms with Crippen LogP contribution in [0.2, 0.25) is 0 Å². The highest BCUT2D eigenvalue weighted by Gasteiger charge is 2.37. The van der Waals surface area contributed by atoms with Gasteiger partial charge in [-0.2, -0.15) is 0 Å². The second-order valence-corrected chi connectivity index (χ2v) is 7.10. The van der Waals surface area contributed by atoms with Crippen molar-refractivity contribution >= 4 is 5.91 Å². The number of ether oxygens (including phenoxy) is 2. The Hall–Kier alpha value is -2.19. The van der Waals surface area contributed by atoms with Crippen LogP contribution in [0.3, 0.4) is 0 Å². The first kappa shape index (κ1) is 16.3. The van der Waals surface area contributed by atoms with E-state index in [1.807, 2.05) is 30.1 Å². The van der Waals surface area contributed by atoms with Crippen molar-refractivity contribution < 1.29 is 14.3 Å². The van der Waals surface area contributed by atoms with Crippen molar-refractivity contribution in [1.82, 2.24) is 9.80 Å². The van der Waals surface area contributed by atoms with Crippen LogP contribution in [0.1, 0.15) is 31.2 Å². The molecule has 0 saturated carbocycles. The van der Waals surface area contributed by atoms with Crippen LogP contribution in [-0.2, 0) is 4.79 Å². The van der Waals surface area contributed by atoms with Gasteiger partial charge in [-0.3, -0.25) is 4.79 Å². The van der Waals surface area contributed by atoms with Crippen LogP contribution in [0.5, 0.6) is 11.5 Å². The summed E-state index contributed by atoms with van der Waals surface area (Å²) in [7, 11) is 1.87. The Kier molecular flexibility index (Phi) is 4.54. The molecular formula is C20H24N2O3. The van der Waals surface area contributed by atoms with Crippen molar-refractivity contribution in [2.75, 3.05) is 33.5 Å². The Morgan fingerprint density at radius 2 is 1.96 bits per heavy atom. The van der Waals surface area contributed by atoms with Crippen molar-refractivity contribution in [2.45, 2.75) is 31.7 Å². The highest BCUT2D eigenvalue weighted by Crippen LogP contribution is 2.32. The van der Waals surface area contributed by atoms with Crippen molar-refractivity contribution in [3.8, 4) is 23.3 Å². The van der Waals surface area contributed by atoms with Crippen LogP contribution in [0.4, 0.5) is 0 Å². The minimum absolute atomic E-state index is 0.00675. The summed E-state index contributed by atoms with van der Waals surface area (Å²) in [4.78, 5) is 16.8. The Morgan fingerprint density at radius 3 is 2.80 bits per heavy atom. The lowest BCUT2D eigenvalue weighted by molar-refractivity contribution is -0.130. The second kappa shape index (κ2) is 6.97. The molecule has 5 heteroatoms. The molecule has 0 spiro atoms. The molecule has 3 aliphatic rings. The predicted octanol–water partition coefficient (Wildman–Crippen LogP) is 2.10. The van der Waals surface area contributed by atoms with Crippen molar-refractivity contribution in [3.63, 3.8) is 0 Å². The summed E-state index contributed by atoms with van der Waals surface area (Å²) in [6.45, 7) is 3.40. The normalized spacial score (nSPS) is 25.8. The zero-order valence-corrected chi connectivity index (χ0v) is 14.7. The Balaban J connectivity index is 1.42. The molecule has 5 nitrogen and oxygen atoms in total. The molecule has 1 aromatic carbocycles. The monoisotopic (exact) mass is 340 g/mol. The molecule has 132 valence electrons. The predicted molar refractivity (Wildman–Crippen MR) is 94.4 cm³/mol. The molecular weight excluding hydrogens is 316 g/mol. The van der Waals surface area contributed by atoms with E-state index in [2.05, 4.69) is 16.7 Å². The zero-order valence-electron chi connectivity index (χ0n) is 14.7. The summed E-state index contributed by atoms with van der Waals surface area (Å²) in [5.74, 6) is 8.30. The van der Waals surface area contributed by atoms with Gasteiger partial charge in [0.15, 0.2) is 11.5 Å². The van der Waals surface area contributed by atoms with E-state index in [1.54, 1.807) is 0 Å². The van der Waals surface area contributed by atoms with Crippen LogP contribution < -0.4 is 9.47 Å². The highest BCUT2D eigenvalue weighted by molar-refractivity contribution is 5.82. The highest BCUT2D eigenvalue weighted by atomic mass is 16.7. The van der Waals surface area contributed by atoms with E-state index in [1.165, 1.54) is 19.3 Å². The number of carbonyl (C=O) groups excluding carboxylic acids is 1. The van der Waals surface area contributed by atoms with Gasteiger partial charge in [-0.05, 0) is 50.6 Å². The summed E-state index contributed by atoms with van der Waals surface area (Å²) in [6, 6.07) is 5.71. The lowest BCUT2D eigenvalue weighted by Crippen LogP contribution is -2.37. The number of likely N-dealkylation sites (tertiary alicyclic amines) is 2. The van der Waals surface area contributed by atoms with E-state index in [0.29, 0.717) is 0 Å². The van der Waals surface area contributed by atoms with Gasteiger partial charge in [-0.25, -0.2) is 0 Å². The molecule has 0 radical (unpaired) electrons. The third-order valence-electron chi connectivity index (χ3n) is 5.36. The summed E-state index contributed by atoms with van der Waals surface area (Å²) < 4.78 is 10.7. The fourth-order valence-corrected chi connectivity index (χ4v) is 3.87. The number of benzene rings is 1. The van der Waals surface area contributed by atoms with Gasteiger partial charge in [0.2, 0.25) is 12.7 Å². The van der Waals surface area contributed by atoms with Gasteiger partial charge >= 0.3 is 0 Å². The van der Waals surface area contributed by atoms with Gasteiger partial charge < -0.3 is 19.3 Å².